The van der Waals surface area contributed by atoms with E-state index in [1.807, 2.05) is 74.3 Å². The second-order valence-corrected chi connectivity index (χ2v) is 16.1. The highest BCUT2D eigenvalue weighted by Gasteiger charge is 2.36. The molecule has 2 aromatic carbocycles. The summed E-state index contributed by atoms with van der Waals surface area (Å²) in [6, 6.07) is 14.6. The number of alkyl carbamates (subject to hydrolysis) is 1. The lowest BCUT2D eigenvalue weighted by atomic mass is 9.85. The molecule has 2 aliphatic rings. The second-order valence-electron chi connectivity index (χ2n) is 15.7. The fraction of sp³-hybridized carbons (Fsp3) is 0.524. The molecule has 1 aromatic heterocycles. The molecule has 1 fully saturated rings. The molecule has 0 saturated heterocycles. The number of hydrogen-bond acceptors (Lipinski definition) is 10. The zero-order valence-electron chi connectivity index (χ0n) is 33.3. The third kappa shape index (κ3) is 11.0. The summed E-state index contributed by atoms with van der Waals surface area (Å²) in [6.45, 7) is 10.5. The first-order chi connectivity index (χ1) is 26.1. The highest BCUT2D eigenvalue weighted by molar-refractivity contribution is 6.30. The molecular weight excluding hydrogens is 722 g/mol. The Bertz CT molecular complexity index is 1770. The average Bonchev–Trinajstić information content (AvgIpc) is 3.13. The Kier molecular flexibility index (Phi) is 13.9. The molecule has 5 rings (SSSR count). The van der Waals surface area contributed by atoms with Crippen LogP contribution in [0.5, 0.6) is 11.5 Å². The third-order valence-corrected chi connectivity index (χ3v) is 10.2. The Hall–Kier alpha value is -4.55. The van der Waals surface area contributed by atoms with E-state index < -0.39 is 23.8 Å². The smallest absolute Gasteiger partial charge is 0.407 e. The molecule has 0 bridgehead atoms. The summed E-state index contributed by atoms with van der Waals surface area (Å²) in [4.78, 5) is 47.4. The van der Waals surface area contributed by atoms with Crippen LogP contribution in [0.4, 0.5) is 16.3 Å². The molecule has 1 aliphatic carbocycles. The van der Waals surface area contributed by atoms with Gasteiger partial charge >= 0.3 is 12.1 Å². The summed E-state index contributed by atoms with van der Waals surface area (Å²) in [5.41, 5.74) is 2.87. The van der Waals surface area contributed by atoms with E-state index in [0.29, 0.717) is 34.5 Å². The van der Waals surface area contributed by atoms with Crippen molar-refractivity contribution in [2.75, 3.05) is 44.2 Å². The number of carbonyl (C=O) groups is 3. The van der Waals surface area contributed by atoms with Crippen LogP contribution >= 0.6 is 11.6 Å². The zero-order chi connectivity index (χ0) is 39.9. The van der Waals surface area contributed by atoms with Crippen LogP contribution in [0.1, 0.15) is 89.5 Å². The van der Waals surface area contributed by atoms with Crippen molar-refractivity contribution in [3.05, 3.63) is 76.4 Å². The van der Waals surface area contributed by atoms with E-state index in [2.05, 4.69) is 15.5 Å². The first-order valence-electron chi connectivity index (χ1n) is 19.1. The molecule has 2 heterocycles. The highest BCUT2D eigenvalue weighted by Crippen LogP contribution is 2.44. The monoisotopic (exact) mass is 777 g/mol. The molecule has 1 unspecified atom stereocenters. The number of carbonyl (C=O) groups excluding carboxylic acids is 3. The van der Waals surface area contributed by atoms with Gasteiger partial charge in [0.1, 0.15) is 17.5 Å². The van der Waals surface area contributed by atoms with Crippen LogP contribution in [0.15, 0.2) is 54.7 Å². The standard InChI is InChI=1S/C42H56ClN5O7/c1-26(2)54-36-23-33-29(21-35(36)52-7)22-38(49)48(39(33)28-11-13-30(43)14-12-28)32-17-18-37(45-24-32)47(6)25-27-9-15-31(16-10-27)46-34(40(50)53-8)19-20-44-41(51)55-42(3,4)5/h11-14,17-18,21,23-24,26-27,31,34,39,46H,9-10,15-16,19-20,22,25H2,1-8H3,(H,44,51)/t27?,31?,34?,39-/m0/s1. The van der Waals surface area contributed by atoms with Crippen LogP contribution < -0.4 is 29.9 Å². The van der Waals surface area contributed by atoms with Gasteiger partial charge < -0.3 is 34.5 Å². The molecule has 298 valence electrons. The fourth-order valence-electron chi connectivity index (χ4n) is 7.40. The summed E-state index contributed by atoms with van der Waals surface area (Å²) in [7, 11) is 5.03. The van der Waals surface area contributed by atoms with E-state index in [1.165, 1.54) is 7.11 Å². The zero-order valence-corrected chi connectivity index (χ0v) is 34.1. The lowest BCUT2D eigenvalue weighted by Gasteiger charge is -2.38. The Morgan fingerprint density at radius 1 is 1.02 bits per heavy atom. The van der Waals surface area contributed by atoms with Crippen molar-refractivity contribution in [1.29, 1.82) is 0 Å². The number of aromatic nitrogens is 1. The molecule has 2 atom stereocenters. The van der Waals surface area contributed by atoms with Gasteiger partial charge in [-0.15, -0.1) is 0 Å². The lowest BCUT2D eigenvalue weighted by molar-refractivity contribution is -0.143. The van der Waals surface area contributed by atoms with E-state index >= 15 is 0 Å². The summed E-state index contributed by atoms with van der Waals surface area (Å²) in [5, 5.41) is 6.82. The van der Waals surface area contributed by atoms with Crippen molar-refractivity contribution in [3.8, 4) is 11.5 Å². The number of rotatable bonds is 14. The summed E-state index contributed by atoms with van der Waals surface area (Å²) in [5.74, 6) is 2.09. The molecule has 1 saturated carbocycles. The second kappa shape index (κ2) is 18.4. The largest absolute Gasteiger partial charge is 0.493 e. The molecule has 3 aromatic rings. The Morgan fingerprint density at radius 3 is 2.33 bits per heavy atom. The predicted molar refractivity (Wildman–Crippen MR) is 214 cm³/mol. The molecular formula is C42H56ClN5O7. The summed E-state index contributed by atoms with van der Waals surface area (Å²) < 4.78 is 22.1. The maximum absolute atomic E-state index is 14.0. The van der Waals surface area contributed by atoms with Crippen LogP contribution in [0, 0.1) is 5.92 Å². The minimum Gasteiger partial charge on any atom is -0.493 e. The molecule has 0 spiro atoms. The van der Waals surface area contributed by atoms with E-state index in [0.717, 1.165) is 54.7 Å². The Balaban J connectivity index is 1.23. The summed E-state index contributed by atoms with van der Waals surface area (Å²) >= 11 is 6.29. The first kappa shape index (κ1) is 41.6. The Labute approximate surface area is 330 Å². The number of nitrogens with zero attached hydrogens (tertiary/aromatic N) is 3. The number of ether oxygens (including phenoxy) is 4. The molecule has 1 aliphatic heterocycles. The van der Waals surface area contributed by atoms with Crippen molar-refractivity contribution in [1.82, 2.24) is 15.6 Å². The molecule has 13 heteroatoms. The van der Waals surface area contributed by atoms with Crippen molar-refractivity contribution in [3.63, 3.8) is 0 Å². The summed E-state index contributed by atoms with van der Waals surface area (Å²) in [6.07, 6.45) is 5.62. The van der Waals surface area contributed by atoms with Gasteiger partial charge in [0.25, 0.3) is 0 Å². The van der Waals surface area contributed by atoms with Crippen molar-refractivity contribution < 1.29 is 33.3 Å². The van der Waals surface area contributed by atoms with Crippen molar-refractivity contribution >= 4 is 41.1 Å². The fourth-order valence-corrected chi connectivity index (χ4v) is 7.52. The Morgan fingerprint density at radius 2 is 1.73 bits per heavy atom. The maximum Gasteiger partial charge on any atom is 0.407 e. The van der Waals surface area contributed by atoms with Crippen LogP contribution in [0.2, 0.25) is 5.02 Å². The van der Waals surface area contributed by atoms with Crippen LogP contribution in [0.25, 0.3) is 0 Å². The van der Waals surface area contributed by atoms with Crippen molar-refractivity contribution in [2.45, 2.75) is 103 Å². The normalized spacial score (nSPS) is 19.0. The number of methoxy groups -OCH3 is 2. The number of benzene rings is 2. The van der Waals surface area contributed by atoms with Gasteiger partial charge in [-0.05, 0) is 126 Å². The topological polar surface area (TPSA) is 132 Å². The number of amides is 2. The number of hydrogen-bond donors (Lipinski definition) is 2. The SMILES string of the molecule is COC(=O)C(CCNC(=O)OC(C)(C)C)NC1CCC(CN(C)c2ccc(N3C(=O)Cc4cc(OC)c(OC(C)C)cc4[C@@H]3c3ccc(Cl)cc3)cn2)CC1. The van der Waals surface area contributed by atoms with Crippen LogP contribution in [-0.4, -0.2) is 81.1 Å². The van der Waals surface area contributed by atoms with Gasteiger partial charge in [0.05, 0.1) is 44.7 Å². The first-order valence-corrected chi connectivity index (χ1v) is 19.5. The van der Waals surface area contributed by atoms with Gasteiger partial charge in [0, 0.05) is 31.2 Å². The molecule has 55 heavy (non-hydrogen) atoms. The maximum atomic E-state index is 14.0. The quantitative estimate of drug-likeness (QED) is 0.162. The molecule has 0 radical (unpaired) electrons. The number of pyridine rings is 1. The van der Waals surface area contributed by atoms with Gasteiger partial charge in [0.15, 0.2) is 11.5 Å². The number of fused-ring (bicyclic) bond motifs is 1. The number of esters is 1. The third-order valence-electron chi connectivity index (χ3n) is 9.94. The average molecular weight is 778 g/mol. The van der Waals surface area contributed by atoms with Crippen LogP contribution in [0.3, 0.4) is 0 Å². The van der Waals surface area contributed by atoms with Crippen molar-refractivity contribution in [2.24, 2.45) is 5.92 Å². The van der Waals surface area contributed by atoms with Gasteiger partial charge in [-0.2, -0.15) is 0 Å². The minimum atomic E-state index is -0.594. The van der Waals surface area contributed by atoms with Gasteiger partial charge in [0.2, 0.25) is 5.91 Å². The van der Waals surface area contributed by atoms with E-state index in [-0.39, 0.29) is 37.0 Å². The van der Waals surface area contributed by atoms with E-state index in [4.69, 9.17) is 35.5 Å². The molecule has 2 N–H and O–H groups in total. The van der Waals surface area contributed by atoms with Gasteiger partial charge in [-0.1, -0.05) is 23.7 Å². The molecule has 2 amide bonds. The predicted octanol–water partition coefficient (Wildman–Crippen LogP) is 7.25. The highest BCUT2D eigenvalue weighted by atomic mass is 35.5. The van der Waals surface area contributed by atoms with Gasteiger partial charge in [-0.25, -0.2) is 9.78 Å². The minimum absolute atomic E-state index is 0.0472. The van der Waals surface area contributed by atoms with E-state index in [9.17, 15) is 14.4 Å². The van der Waals surface area contributed by atoms with Crippen LogP contribution in [-0.2, 0) is 25.5 Å². The number of anilines is 2. The van der Waals surface area contributed by atoms with E-state index in [1.54, 1.807) is 34.1 Å². The lowest BCUT2D eigenvalue weighted by Crippen LogP contribution is -2.47. The number of halogens is 1. The number of nitrogens with one attached hydrogen (secondary N) is 2. The van der Waals surface area contributed by atoms with Gasteiger partial charge in [-0.3, -0.25) is 14.5 Å². The molecule has 12 nitrogen and oxygen atoms in total.